The number of aromatic nitrogens is 2. The third kappa shape index (κ3) is 2.50. The van der Waals surface area contributed by atoms with Gasteiger partial charge in [-0.25, -0.2) is 0 Å². The van der Waals surface area contributed by atoms with Gasteiger partial charge in [0.05, 0.1) is 6.20 Å². The van der Waals surface area contributed by atoms with Gasteiger partial charge in [0.2, 0.25) is 0 Å². The molecule has 0 radical (unpaired) electrons. The number of benzene rings is 1. The molecule has 94 valence electrons. The summed E-state index contributed by atoms with van der Waals surface area (Å²) in [6.07, 6.45) is 3.65. The molecule has 0 fully saturated rings. The minimum Gasteiger partial charge on any atom is -0.292 e. The summed E-state index contributed by atoms with van der Waals surface area (Å²) in [6, 6.07) is 4.10. The van der Waals surface area contributed by atoms with E-state index in [0.717, 1.165) is 22.3 Å². The molecule has 0 atom stereocenters. The summed E-state index contributed by atoms with van der Waals surface area (Å²) in [5.41, 5.74) is 5.17. The first-order valence-electron chi connectivity index (χ1n) is 6.07. The summed E-state index contributed by atoms with van der Waals surface area (Å²) in [5.74, 6) is 0.119. The summed E-state index contributed by atoms with van der Waals surface area (Å²) < 4.78 is 1.69. The van der Waals surface area contributed by atoms with Crippen molar-refractivity contribution in [3.05, 3.63) is 52.3 Å². The minimum atomic E-state index is 0.119. The van der Waals surface area contributed by atoms with Gasteiger partial charge < -0.3 is 0 Å². The molecule has 1 aromatic heterocycles. The fourth-order valence-electron chi connectivity index (χ4n) is 2.40. The maximum Gasteiger partial charge on any atom is 0.184 e. The fraction of sp³-hybridized carbons (Fsp3) is 0.333. The van der Waals surface area contributed by atoms with Crippen molar-refractivity contribution in [1.82, 2.24) is 9.78 Å². The van der Waals surface area contributed by atoms with Crippen LogP contribution in [0.2, 0.25) is 0 Å². The van der Waals surface area contributed by atoms with Crippen LogP contribution in [0.1, 0.15) is 32.6 Å². The average molecular weight is 242 g/mol. The lowest BCUT2D eigenvalue weighted by molar-refractivity contribution is 0.0966. The van der Waals surface area contributed by atoms with Crippen molar-refractivity contribution in [2.75, 3.05) is 0 Å². The summed E-state index contributed by atoms with van der Waals surface area (Å²) in [5, 5.41) is 4.15. The van der Waals surface area contributed by atoms with E-state index in [2.05, 4.69) is 17.2 Å². The van der Waals surface area contributed by atoms with Crippen molar-refractivity contribution < 1.29 is 4.79 Å². The Morgan fingerprint density at radius 3 is 2.22 bits per heavy atom. The number of ketones is 1. The molecule has 0 N–H and O–H groups in total. The van der Waals surface area contributed by atoms with Crippen LogP contribution in [-0.2, 0) is 6.54 Å². The largest absolute Gasteiger partial charge is 0.292 e. The van der Waals surface area contributed by atoms with Gasteiger partial charge in [0.1, 0.15) is 6.54 Å². The van der Waals surface area contributed by atoms with E-state index in [4.69, 9.17) is 0 Å². The predicted molar refractivity (Wildman–Crippen MR) is 71.9 cm³/mol. The van der Waals surface area contributed by atoms with Gasteiger partial charge in [-0.2, -0.15) is 5.10 Å². The molecule has 0 saturated heterocycles. The second kappa shape index (κ2) is 4.77. The minimum absolute atomic E-state index is 0.119. The topological polar surface area (TPSA) is 34.9 Å². The Morgan fingerprint density at radius 1 is 1.11 bits per heavy atom. The Hall–Kier alpha value is -1.90. The van der Waals surface area contributed by atoms with Gasteiger partial charge in [-0.05, 0) is 44.4 Å². The van der Waals surface area contributed by atoms with Gasteiger partial charge in [0.25, 0.3) is 0 Å². The van der Waals surface area contributed by atoms with Crippen LogP contribution in [0.25, 0.3) is 0 Å². The SMILES string of the molecule is Cc1cc(C)c(C(=O)Cn2cc(C)cn2)c(C)c1. The molecule has 0 aliphatic rings. The Labute approximate surface area is 107 Å². The van der Waals surface area contributed by atoms with Crippen LogP contribution < -0.4 is 0 Å². The van der Waals surface area contributed by atoms with Crippen LogP contribution in [0.15, 0.2) is 24.5 Å². The van der Waals surface area contributed by atoms with Crippen molar-refractivity contribution in [3.8, 4) is 0 Å². The molecule has 3 nitrogen and oxygen atoms in total. The molecule has 0 amide bonds. The van der Waals surface area contributed by atoms with E-state index >= 15 is 0 Å². The van der Waals surface area contributed by atoms with Gasteiger partial charge in [-0.1, -0.05) is 17.7 Å². The molecule has 0 bridgehead atoms. The highest BCUT2D eigenvalue weighted by Gasteiger charge is 2.13. The second-order valence-corrected chi connectivity index (χ2v) is 4.91. The average Bonchev–Trinajstić information content (AvgIpc) is 2.62. The van der Waals surface area contributed by atoms with E-state index in [1.165, 1.54) is 5.56 Å². The summed E-state index contributed by atoms with van der Waals surface area (Å²) in [4.78, 5) is 12.3. The van der Waals surface area contributed by atoms with Gasteiger partial charge >= 0.3 is 0 Å². The molecule has 0 spiro atoms. The predicted octanol–water partition coefficient (Wildman–Crippen LogP) is 3.00. The van der Waals surface area contributed by atoms with Crippen molar-refractivity contribution in [2.24, 2.45) is 0 Å². The van der Waals surface area contributed by atoms with E-state index in [-0.39, 0.29) is 5.78 Å². The number of nitrogens with zero attached hydrogens (tertiary/aromatic N) is 2. The van der Waals surface area contributed by atoms with E-state index in [9.17, 15) is 4.79 Å². The zero-order chi connectivity index (χ0) is 13.3. The van der Waals surface area contributed by atoms with Gasteiger partial charge in [-0.15, -0.1) is 0 Å². The van der Waals surface area contributed by atoms with Crippen molar-refractivity contribution in [2.45, 2.75) is 34.2 Å². The highest BCUT2D eigenvalue weighted by Crippen LogP contribution is 2.17. The van der Waals surface area contributed by atoms with E-state index in [1.807, 2.05) is 33.9 Å². The highest BCUT2D eigenvalue weighted by atomic mass is 16.1. The third-order valence-corrected chi connectivity index (χ3v) is 3.02. The molecule has 18 heavy (non-hydrogen) atoms. The van der Waals surface area contributed by atoms with Gasteiger partial charge in [0.15, 0.2) is 5.78 Å². The number of hydrogen-bond acceptors (Lipinski definition) is 2. The Morgan fingerprint density at radius 2 is 1.72 bits per heavy atom. The molecule has 3 heteroatoms. The van der Waals surface area contributed by atoms with Crippen LogP contribution >= 0.6 is 0 Å². The van der Waals surface area contributed by atoms with Crippen molar-refractivity contribution in [3.63, 3.8) is 0 Å². The molecule has 1 aromatic carbocycles. The van der Waals surface area contributed by atoms with E-state index in [1.54, 1.807) is 10.9 Å². The maximum atomic E-state index is 12.3. The summed E-state index contributed by atoms with van der Waals surface area (Å²) in [6.45, 7) is 8.29. The Balaban J connectivity index is 2.29. The number of rotatable bonds is 3. The summed E-state index contributed by atoms with van der Waals surface area (Å²) in [7, 11) is 0. The molecule has 0 unspecified atom stereocenters. The monoisotopic (exact) mass is 242 g/mol. The standard InChI is InChI=1S/C15H18N2O/c1-10-5-12(3)15(13(4)6-10)14(18)9-17-8-11(2)7-16-17/h5-8H,9H2,1-4H3. The first kappa shape index (κ1) is 12.6. The summed E-state index contributed by atoms with van der Waals surface area (Å²) >= 11 is 0. The quantitative estimate of drug-likeness (QED) is 0.775. The number of hydrogen-bond donors (Lipinski definition) is 0. The van der Waals surface area contributed by atoms with E-state index < -0.39 is 0 Å². The molecule has 2 aromatic rings. The molecule has 0 saturated carbocycles. The van der Waals surface area contributed by atoms with Gasteiger partial charge in [-0.3, -0.25) is 9.48 Å². The fourth-order valence-corrected chi connectivity index (χ4v) is 2.40. The van der Waals surface area contributed by atoms with Crippen LogP contribution in [0.4, 0.5) is 0 Å². The van der Waals surface area contributed by atoms with Crippen molar-refractivity contribution in [1.29, 1.82) is 0 Å². The first-order valence-corrected chi connectivity index (χ1v) is 6.07. The number of carbonyl (C=O) groups is 1. The van der Waals surface area contributed by atoms with E-state index in [0.29, 0.717) is 6.54 Å². The lowest BCUT2D eigenvalue weighted by Gasteiger charge is -2.10. The van der Waals surface area contributed by atoms with Gasteiger partial charge in [0, 0.05) is 11.8 Å². The second-order valence-electron chi connectivity index (χ2n) is 4.91. The Bertz CT molecular complexity index is 573. The lowest BCUT2D eigenvalue weighted by Crippen LogP contribution is -2.13. The molecular weight excluding hydrogens is 224 g/mol. The number of Topliss-reactive ketones (excluding diaryl/α,β-unsaturated/α-hetero) is 1. The number of aryl methyl sites for hydroxylation is 4. The first-order chi connectivity index (χ1) is 8.47. The molecule has 1 heterocycles. The lowest BCUT2D eigenvalue weighted by atomic mass is 9.96. The van der Waals surface area contributed by atoms with Crippen LogP contribution in [0.5, 0.6) is 0 Å². The van der Waals surface area contributed by atoms with Crippen LogP contribution in [0, 0.1) is 27.7 Å². The molecule has 2 rings (SSSR count). The van der Waals surface area contributed by atoms with Crippen LogP contribution in [-0.4, -0.2) is 15.6 Å². The van der Waals surface area contributed by atoms with Crippen LogP contribution in [0.3, 0.4) is 0 Å². The normalized spacial score (nSPS) is 10.7. The highest BCUT2D eigenvalue weighted by molar-refractivity contribution is 5.98. The zero-order valence-electron chi connectivity index (χ0n) is 11.3. The smallest absolute Gasteiger partial charge is 0.184 e. The molecular formula is C15H18N2O. The maximum absolute atomic E-state index is 12.3. The molecule has 0 aliphatic heterocycles. The van der Waals surface area contributed by atoms with Crippen molar-refractivity contribution >= 4 is 5.78 Å². The zero-order valence-corrected chi connectivity index (χ0v) is 11.3. The Kier molecular flexibility index (Phi) is 3.32. The third-order valence-electron chi connectivity index (χ3n) is 3.02. The molecule has 0 aliphatic carbocycles. The number of carbonyl (C=O) groups excluding carboxylic acids is 1.